The lowest BCUT2D eigenvalue weighted by atomic mass is 10.1. The van der Waals surface area contributed by atoms with Crippen molar-refractivity contribution in [1.82, 2.24) is 9.78 Å². The SMILES string of the molecule is COc1ccccc1N(C)C(=O)c1ccc(-n2nc(C)c(Cl)c2C)cc1. The predicted octanol–water partition coefficient (Wildman–Crippen LogP) is 4.43. The molecule has 0 atom stereocenters. The van der Waals surface area contributed by atoms with Crippen molar-refractivity contribution < 1.29 is 9.53 Å². The van der Waals surface area contributed by atoms with Gasteiger partial charge in [0.05, 0.1) is 34.9 Å². The third kappa shape index (κ3) is 3.18. The molecule has 0 aliphatic heterocycles. The Morgan fingerprint density at radius 3 is 2.35 bits per heavy atom. The van der Waals surface area contributed by atoms with Crippen LogP contribution in [0.4, 0.5) is 5.69 Å². The van der Waals surface area contributed by atoms with Gasteiger partial charge in [-0.05, 0) is 50.2 Å². The standard InChI is InChI=1S/C20H20ClN3O2/c1-13-19(21)14(2)24(22-13)16-11-9-15(10-12-16)20(25)23(3)17-7-5-6-8-18(17)26-4/h5-12H,1-4H3. The lowest BCUT2D eigenvalue weighted by Crippen LogP contribution is -2.26. The first-order valence-electron chi connectivity index (χ1n) is 8.17. The van der Waals surface area contributed by atoms with E-state index in [4.69, 9.17) is 16.3 Å². The van der Waals surface area contributed by atoms with E-state index in [1.54, 1.807) is 35.9 Å². The minimum Gasteiger partial charge on any atom is -0.495 e. The molecule has 1 amide bonds. The van der Waals surface area contributed by atoms with E-state index in [0.717, 1.165) is 22.8 Å². The molecule has 26 heavy (non-hydrogen) atoms. The smallest absolute Gasteiger partial charge is 0.258 e. The zero-order valence-electron chi connectivity index (χ0n) is 15.2. The fourth-order valence-electron chi connectivity index (χ4n) is 2.83. The third-order valence-corrected chi connectivity index (χ3v) is 4.86. The van der Waals surface area contributed by atoms with Crippen LogP contribution < -0.4 is 9.64 Å². The molecule has 134 valence electrons. The van der Waals surface area contributed by atoms with Gasteiger partial charge in [0.2, 0.25) is 0 Å². The summed E-state index contributed by atoms with van der Waals surface area (Å²) >= 11 is 6.21. The highest BCUT2D eigenvalue weighted by atomic mass is 35.5. The number of amides is 1. The molecular weight excluding hydrogens is 350 g/mol. The zero-order chi connectivity index (χ0) is 18.8. The number of para-hydroxylation sites is 2. The summed E-state index contributed by atoms with van der Waals surface area (Å²) in [6.07, 6.45) is 0. The average molecular weight is 370 g/mol. The summed E-state index contributed by atoms with van der Waals surface area (Å²) in [6.45, 7) is 3.78. The zero-order valence-corrected chi connectivity index (χ0v) is 15.9. The van der Waals surface area contributed by atoms with E-state index in [1.807, 2.05) is 50.2 Å². The van der Waals surface area contributed by atoms with Crippen molar-refractivity contribution in [3.63, 3.8) is 0 Å². The van der Waals surface area contributed by atoms with Crippen LogP contribution in [0.25, 0.3) is 5.69 Å². The summed E-state index contributed by atoms with van der Waals surface area (Å²) in [5.74, 6) is 0.532. The van der Waals surface area contributed by atoms with Crippen molar-refractivity contribution in [3.05, 3.63) is 70.5 Å². The molecular formula is C20H20ClN3O2. The van der Waals surface area contributed by atoms with Gasteiger partial charge in [-0.1, -0.05) is 23.7 Å². The van der Waals surface area contributed by atoms with Crippen LogP contribution in [0.2, 0.25) is 5.02 Å². The molecule has 0 spiro atoms. The normalized spacial score (nSPS) is 10.7. The molecule has 5 nitrogen and oxygen atoms in total. The van der Waals surface area contributed by atoms with Crippen molar-refractivity contribution in [2.45, 2.75) is 13.8 Å². The number of halogens is 1. The number of anilines is 1. The molecule has 3 rings (SSSR count). The van der Waals surface area contributed by atoms with Crippen LogP contribution in [0, 0.1) is 13.8 Å². The number of hydrogen-bond donors (Lipinski definition) is 0. The minimum atomic E-state index is -0.118. The Morgan fingerprint density at radius 2 is 1.77 bits per heavy atom. The monoisotopic (exact) mass is 369 g/mol. The van der Waals surface area contributed by atoms with E-state index in [9.17, 15) is 4.79 Å². The van der Waals surface area contributed by atoms with Crippen molar-refractivity contribution in [2.75, 3.05) is 19.1 Å². The van der Waals surface area contributed by atoms with Gasteiger partial charge >= 0.3 is 0 Å². The van der Waals surface area contributed by atoms with Crippen molar-refractivity contribution in [3.8, 4) is 11.4 Å². The molecule has 3 aromatic rings. The Hall–Kier alpha value is -2.79. The number of nitrogens with zero attached hydrogens (tertiary/aromatic N) is 3. The van der Waals surface area contributed by atoms with E-state index in [1.165, 1.54) is 0 Å². The summed E-state index contributed by atoms with van der Waals surface area (Å²) in [5.41, 5.74) is 3.80. The van der Waals surface area contributed by atoms with Crippen LogP contribution in [0.15, 0.2) is 48.5 Å². The molecule has 0 saturated heterocycles. The molecule has 0 aliphatic carbocycles. The maximum Gasteiger partial charge on any atom is 0.258 e. The second-order valence-corrected chi connectivity index (χ2v) is 6.36. The lowest BCUT2D eigenvalue weighted by molar-refractivity contribution is 0.0992. The Kier molecular flexibility index (Phi) is 5.00. The fraction of sp³-hybridized carbons (Fsp3) is 0.200. The Bertz CT molecular complexity index is 948. The van der Waals surface area contributed by atoms with Crippen LogP contribution in [0.3, 0.4) is 0 Å². The Balaban J connectivity index is 1.88. The maximum atomic E-state index is 12.8. The Labute approximate surface area is 157 Å². The molecule has 0 bridgehead atoms. The number of methoxy groups -OCH3 is 1. The first kappa shape index (κ1) is 18.0. The second kappa shape index (κ2) is 7.22. The van der Waals surface area contributed by atoms with Crippen LogP contribution in [0.1, 0.15) is 21.7 Å². The second-order valence-electron chi connectivity index (χ2n) is 5.98. The van der Waals surface area contributed by atoms with Gasteiger partial charge in [0, 0.05) is 12.6 Å². The molecule has 2 aromatic carbocycles. The van der Waals surface area contributed by atoms with Gasteiger partial charge in [0.1, 0.15) is 5.75 Å². The van der Waals surface area contributed by atoms with Crippen molar-refractivity contribution in [1.29, 1.82) is 0 Å². The quantitative estimate of drug-likeness (QED) is 0.683. The number of carbonyl (C=O) groups excluding carboxylic acids is 1. The first-order valence-corrected chi connectivity index (χ1v) is 8.55. The van der Waals surface area contributed by atoms with Gasteiger partial charge in [-0.25, -0.2) is 4.68 Å². The highest BCUT2D eigenvalue weighted by Crippen LogP contribution is 2.28. The molecule has 0 saturated carbocycles. The van der Waals surface area contributed by atoms with Gasteiger partial charge in [-0.3, -0.25) is 4.79 Å². The largest absolute Gasteiger partial charge is 0.495 e. The number of ether oxygens (including phenoxy) is 1. The van der Waals surface area contributed by atoms with Gasteiger partial charge in [-0.2, -0.15) is 5.10 Å². The van der Waals surface area contributed by atoms with Gasteiger partial charge in [0.15, 0.2) is 0 Å². The highest BCUT2D eigenvalue weighted by Gasteiger charge is 2.17. The summed E-state index contributed by atoms with van der Waals surface area (Å²) in [6, 6.07) is 14.7. The number of hydrogen-bond acceptors (Lipinski definition) is 3. The van der Waals surface area contributed by atoms with Gasteiger partial charge < -0.3 is 9.64 Å². The average Bonchev–Trinajstić information content (AvgIpc) is 2.94. The van der Waals surface area contributed by atoms with E-state index in [0.29, 0.717) is 16.3 Å². The van der Waals surface area contributed by atoms with Crippen molar-refractivity contribution >= 4 is 23.2 Å². The summed E-state index contributed by atoms with van der Waals surface area (Å²) in [7, 11) is 3.32. The van der Waals surface area contributed by atoms with Gasteiger partial charge in [-0.15, -0.1) is 0 Å². The molecule has 0 radical (unpaired) electrons. The van der Waals surface area contributed by atoms with E-state index in [2.05, 4.69) is 5.10 Å². The molecule has 1 aromatic heterocycles. The van der Waals surface area contributed by atoms with E-state index in [-0.39, 0.29) is 5.91 Å². The van der Waals surface area contributed by atoms with Crippen molar-refractivity contribution in [2.24, 2.45) is 0 Å². The van der Waals surface area contributed by atoms with Gasteiger partial charge in [0.25, 0.3) is 5.91 Å². The first-order chi connectivity index (χ1) is 12.4. The molecule has 1 heterocycles. The Morgan fingerprint density at radius 1 is 1.12 bits per heavy atom. The summed E-state index contributed by atoms with van der Waals surface area (Å²) in [5, 5.41) is 5.09. The molecule has 0 unspecified atom stereocenters. The lowest BCUT2D eigenvalue weighted by Gasteiger charge is -2.20. The predicted molar refractivity (Wildman–Crippen MR) is 104 cm³/mol. The highest BCUT2D eigenvalue weighted by molar-refractivity contribution is 6.31. The number of carbonyl (C=O) groups is 1. The van der Waals surface area contributed by atoms with Crippen LogP contribution in [-0.4, -0.2) is 29.8 Å². The number of aromatic nitrogens is 2. The van der Waals surface area contributed by atoms with Crippen LogP contribution in [-0.2, 0) is 0 Å². The molecule has 0 fully saturated rings. The molecule has 0 aliphatic rings. The summed E-state index contributed by atoms with van der Waals surface area (Å²) in [4.78, 5) is 14.4. The third-order valence-electron chi connectivity index (χ3n) is 4.31. The molecule has 0 N–H and O–H groups in total. The van der Waals surface area contributed by atoms with Crippen LogP contribution in [0.5, 0.6) is 5.75 Å². The van der Waals surface area contributed by atoms with Crippen LogP contribution >= 0.6 is 11.6 Å². The minimum absolute atomic E-state index is 0.118. The van der Waals surface area contributed by atoms with E-state index >= 15 is 0 Å². The maximum absolute atomic E-state index is 12.8. The van der Waals surface area contributed by atoms with E-state index < -0.39 is 0 Å². The number of benzene rings is 2. The fourth-order valence-corrected chi connectivity index (χ4v) is 2.95. The number of aryl methyl sites for hydroxylation is 1. The number of rotatable bonds is 4. The summed E-state index contributed by atoms with van der Waals surface area (Å²) < 4.78 is 7.11. The molecule has 6 heteroatoms. The topological polar surface area (TPSA) is 47.4 Å².